The molecule has 6 heteroatoms. The number of benzene rings is 2. The maximum absolute atomic E-state index is 12.4. The second-order valence-electron chi connectivity index (χ2n) is 6.15. The second-order valence-corrected chi connectivity index (χ2v) is 7.00. The highest BCUT2D eigenvalue weighted by atomic mass is 32.2. The van der Waals surface area contributed by atoms with Gasteiger partial charge in [-0.3, -0.25) is 4.79 Å². The van der Waals surface area contributed by atoms with Crippen LogP contribution in [0.15, 0.2) is 53.4 Å². The summed E-state index contributed by atoms with van der Waals surface area (Å²) in [4.78, 5) is 16.9. The molecular weight excluding hydrogens is 334 g/mol. The second kappa shape index (κ2) is 8.27. The first-order valence-corrected chi connectivity index (χ1v) is 9.69. The fraction of sp³-hybridized carbons (Fsp3) is 0.316. The number of carbonyl (C=O) groups is 1. The van der Waals surface area contributed by atoms with E-state index in [1.807, 2.05) is 48.7 Å². The first-order chi connectivity index (χ1) is 12.2. The van der Waals surface area contributed by atoms with E-state index in [1.165, 1.54) is 4.90 Å². The number of phenolic OH excluding ortho intramolecular Hbond substituents is 1. The van der Waals surface area contributed by atoms with E-state index in [9.17, 15) is 9.90 Å². The van der Waals surface area contributed by atoms with Crippen LogP contribution in [0.5, 0.6) is 5.75 Å². The highest BCUT2D eigenvalue weighted by Gasteiger charge is 2.23. The van der Waals surface area contributed by atoms with E-state index in [2.05, 4.69) is 10.2 Å². The molecule has 5 nitrogen and oxygen atoms in total. The van der Waals surface area contributed by atoms with Crippen molar-refractivity contribution in [2.75, 3.05) is 49.2 Å². The fourth-order valence-corrected chi connectivity index (χ4v) is 3.70. The van der Waals surface area contributed by atoms with Gasteiger partial charge in [0.05, 0.1) is 37.6 Å². The summed E-state index contributed by atoms with van der Waals surface area (Å²) in [5.74, 6) is 0.366. The summed E-state index contributed by atoms with van der Waals surface area (Å²) < 4.78 is 0. The third-order valence-corrected chi connectivity index (χ3v) is 5.28. The number of para-hydroxylation sites is 3. The third kappa shape index (κ3) is 4.46. The number of phenols is 1. The molecule has 0 unspecified atom stereocenters. The predicted molar refractivity (Wildman–Crippen MR) is 103 cm³/mol. The van der Waals surface area contributed by atoms with Crippen LogP contribution < -0.4 is 15.1 Å². The highest BCUT2D eigenvalue weighted by Crippen LogP contribution is 2.26. The number of hydrogen-bond acceptors (Lipinski definition) is 4. The van der Waals surface area contributed by atoms with Crippen molar-refractivity contribution < 1.29 is 14.8 Å². The number of anilines is 2. The molecule has 25 heavy (non-hydrogen) atoms. The number of quaternary nitrogens is 1. The van der Waals surface area contributed by atoms with Crippen LogP contribution >= 0.6 is 11.8 Å². The lowest BCUT2D eigenvalue weighted by molar-refractivity contribution is -0.892. The standard InChI is InChI=1S/C19H23N3O2S/c1-25-18-9-5-2-6-15(18)20-19(24)14-21-10-12-22(13-11-21)16-7-3-4-8-17(16)23/h2-9,23H,10-14H2,1H3,(H,20,24)/p+1. The monoisotopic (exact) mass is 358 g/mol. The van der Waals surface area contributed by atoms with Crippen molar-refractivity contribution >= 4 is 29.0 Å². The number of thioether (sulfide) groups is 1. The summed E-state index contributed by atoms with van der Waals surface area (Å²) >= 11 is 1.63. The van der Waals surface area contributed by atoms with Gasteiger partial charge in [-0.2, -0.15) is 0 Å². The van der Waals surface area contributed by atoms with Crippen LogP contribution in [0, 0.1) is 0 Å². The average Bonchev–Trinajstić information content (AvgIpc) is 2.63. The summed E-state index contributed by atoms with van der Waals surface area (Å²) in [5, 5.41) is 13.0. The van der Waals surface area contributed by atoms with Crippen molar-refractivity contribution in [2.45, 2.75) is 4.90 Å². The van der Waals surface area contributed by atoms with Gasteiger partial charge in [-0.1, -0.05) is 24.3 Å². The molecule has 0 radical (unpaired) electrons. The molecule has 3 rings (SSSR count). The lowest BCUT2D eigenvalue weighted by Gasteiger charge is -2.33. The Kier molecular flexibility index (Phi) is 5.83. The van der Waals surface area contributed by atoms with E-state index in [0.717, 1.165) is 42.4 Å². The van der Waals surface area contributed by atoms with E-state index in [1.54, 1.807) is 17.8 Å². The lowest BCUT2D eigenvalue weighted by atomic mass is 10.2. The van der Waals surface area contributed by atoms with Crippen LogP contribution in [0.1, 0.15) is 0 Å². The van der Waals surface area contributed by atoms with Crippen LogP contribution in [0.2, 0.25) is 0 Å². The Bertz CT molecular complexity index is 730. The van der Waals surface area contributed by atoms with Crippen molar-refractivity contribution in [3.63, 3.8) is 0 Å². The lowest BCUT2D eigenvalue weighted by Crippen LogP contribution is -3.15. The SMILES string of the molecule is CSc1ccccc1NC(=O)C[NH+]1CCN(c2ccccc2O)CC1. The third-order valence-electron chi connectivity index (χ3n) is 4.48. The number of aromatic hydroxyl groups is 1. The van der Waals surface area contributed by atoms with Crippen molar-refractivity contribution in [3.8, 4) is 5.75 Å². The summed E-state index contributed by atoms with van der Waals surface area (Å²) in [7, 11) is 0. The molecule has 0 aliphatic carbocycles. The molecule has 1 aliphatic rings. The first kappa shape index (κ1) is 17.6. The molecule has 132 valence electrons. The van der Waals surface area contributed by atoms with Gasteiger partial charge in [-0.15, -0.1) is 11.8 Å². The zero-order chi connectivity index (χ0) is 17.6. The van der Waals surface area contributed by atoms with E-state index >= 15 is 0 Å². The molecule has 1 fully saturated rings. The fourth-order valence-electron chi connectivity index (χ4n) is 3.14. The summed E-state index contributed by atoms with van der Waals surface area (Å²) in [5.41, 5.74) is 1.76. The molecule has 1 amide bonds. The van der Waals surface area contributed by atoms with Gasteiger partial charge < -0.3 is 20.2 Å². The Balaban J connectivity index is 1.52. The first-order valence-electron chi connectivity index (χ1n) is 8.47. The minimum Gasteiger partial charge on any atom is -0.506 e. The van der Waals surface area contributed by atoms with E-state index in [0.29, 0.717) is 12.3 Å². The average molecular weight is 358 g/mol. The van der Waals surface area contributed by atoms with Crippen LogP contribution in [0.25, 0.3) is 0 Å². The molecule has 0 saturated carbocycles. The summed E-state index contributed by atoms with van der Waals surface area (Å²) in [6.07, 6.45) is 2.01. The number of piperazine rings is 1. The van der Waals surface area contributed by atoms with E-state index in [-0.39, 0.29) is 5.91 Å². The van der Waals surface area contributed by atoms with Gasteiger partial charge in [0.1, 0.15) is 5.75 Å². The van der Waals surface area contributed by atoms with Gasteiger partial charge in [-0.05, 0) is 30.5 Å². The molecule has 1 heterocycles. The number of nitrogens with zero attached hydrogens (tertiary/aromatic N) is 1. The normalized spacial score (nSPS) is 15.2. The van der Waals surface area contributed by atoms with Gasteiger partial charge >= 0.3 is 0 Å². The zero-order valence-electron chi connectivity index (χ0n) is 14.4. The maximum Gasteiger partial charge on any atom is 0.279 e. The molecule has 0 spiro atoms. The number of rotatable bonds is 5. The Morgan fingerprint density at radius 3 is 2.56 bits per heavy atom. The quantitative estimate of drug-likeness (QED) is 0.709. The van der Waals surface area contributed by atoms with Gasteiger partial charge in [0, 0.05) is 4.90 Å². The largest absolute Gasteiger partial charge is 0.506 e. The molecule has 0 bridgehead atoms. The Labute approximate surface area is 152 Å². The van der Waals surface area contributed by atoms with Crippen molar-refractivity contribution in [3.05, 3.63) is 48.5 Å². The number of nitrogens with one attached hydrogen (secondary N) is 2. The molecule has 1 aliphatic heterocycles. The Morgan fingerprint density at radius 2 is 1.84 bits per heavy atom. The molecule has 3 N–H and O–H groups in total. The van der Waals surface area contributed by atoms with Crippen LogP contribution in [0.4, 0.5) is 11.4 Å². The van der Waals surface area contributed by atoms with Crippen LogP contribution in [-0.2, 0) is 4.79 Å². The van der Waals surface area contributed by atoms with Crippen molar-refractivity contribution in [1.82, 2.24) is 0 Å². The molecule has 2 aromatic carbocycles. The Hall–Kier alpha value is -2.18. The van der Waals surface area contributed by atoms with Gasteiger partial charge in [-0.25, -0.2) is 0 Å². The molecule has 2 aromatic rings. The molecular formula is C19H24N3O2S+. The zero-order valence-corrected chi connectivity index (χ0v) is 15.2. The number of hydrogen-bond donors (Lipinski definition) is 3. The van der Waals surface area contributed by atoms with Crippen molar-refractivity contribution in [1.29, 1.82) is 0 Å². The molecule has 0 aromatic heterocycles. The topological polar surface area (TPSA) is 57.0 Å². The van der Waals surface area contributed by atoms with Crippen LogP contribution in [0.3, 0.4) is 0 Å². The van der Waals surface area contributed by atoms with Crippen LogP contribution in [-0.4, -0.2) is 50.0 Å². The minimum atomic E-state index is 0.0486. The maximum atomic E-state index is 12.4. The molecule has 1 saturated heterocycles. The number of carbonyl (C=O) groups excluding carboxylic acids is 1. The number of amides is 1. The minimum absolute atomic E-state index is 0.0486. The smallest absolute Gasteiger partial charge is 0.279 e. The summed E-state index contributed by atoms with van der Waals surface area (Å²) in [6.45, 7) is 3.90. The highest BCUT2D eigenvalue weighted by molar-refractivity contribution is 7.98. The van der Waals surface area contributed by atoms with Crippen molar-refractivity contribution in [2.24, 2.45) is 0 Å². The summed E-state index contributed by atoms with van der Waals surface area (Å²) in [6, 6.07) is 15.3. The van der Waals surface area contributed by atoms with E-state index < -0.39 is 0 Å². The molecule has 0 atom stereocenters. The van der Waals surface area contributed by atoms with Gasteiger partial charge in [0.15, 0.2) is 6.54 Å². The van der Waals surface area contributed by atoms with Gasteiger partial charge in [0.2, 0.25) is 0 Å². The predicted octanol–water partition coefficient (Wildman–Crippen LogP) is 1.46. The van der Waals surface area contributed by atoms with E-state index in [4.69, 9.17) is 0 Å². The Morgan fingerprint density at radius 1 is 1.16 bits per heavy atom. The van der Waals surface area contributed by atoms with Gasteiger partial charge in [0.25, 0.3) is 5.91 Å².